The van der Waals surface area contributed by atoms with Crippen LogP contribution < -0.4 is 26.8 Å². The maximum absolute atomic E-state index is 12.3. The fraction of sp³-hybridized carbons (Fsp3) is 0.600. The first-order valence-electron chi connectivity index (χ1n) is 15.5. The third-order valence-corrected chi connectivity index (χ3v) is 7.52. The summed E-state index contributed by atoms with van der Waals surface area (Å²) in [7, 11) is 0. The van der Waals surface area contributed by atoms with Crippen molar-refractivity contribution in [3.8, 4) is 5.75 Å². The molecule has 4 atom stereocenters. The highest BCUT2D eigenvalue weighted by molar-refractivity contribution is 6.32. The molecule has 1 aromatic heterocycles. The molecule has 0 unspecified atom stereocenters. The molecule has 15 nitrogen and oxygen atoms in total. The second kappa shape index (κ2) is 20.7. The van der Waals surface area contributed by atoms with Crippen molar-refractivity contribution >= 4 is 35.1 Å². The number of nitrogens with zero attached hydrogens (tertiary/aromatic N) is 3. The van der Waals surface area contributed by atoms with Crippen LogP contribution >= 0.6 is 11.6 Å². The Morgan fingerprint density at radius 1 is 0.978 bits per heavy atom. The van der Waals surface area contributed by atoms with Gasteiger partial charge < -0.3 is 47.1 Å². The highest BCUT2D eigenvalue weighted by Gasteiger charge is 2.31. The molecule has 0 radical (unpaired) electrons. The van der Waals surface area contributed by atoms with E-state index in [-0.39, 0.29) is 35.0 Å². The van der Waals surface area contributed by atoms with Crippen molar-refractivity contribution in [1.29, 1.82) is 5.41 Å². The van der Waals surface area contributed by atoms with Crippen LogP contribution in [0.2, 0.25) is 5.15 Å². The first-order valence-corrected chi connectivity index (χ1v) is 15.8. The van der Waals surface area contributed by atoms with Gasteiger partial charge >= 0.3 is 0 Å². The molecule has 0 aliphatic carbocycles. The molecule has 0 saturated carbocycles. The van der Waals surface area contributed by atoms with E-state index in [1.807, 2.05) is 29.2 Å². The molecule has 0 fully saturated rings. The number of amides is 1. The van der Waals surface area contributed by atoms with Crippen LogP contribution in [0.4, 0.5) is 11.6 Å². The number of hydrogen-bond donors (Lipinski definition) is 10. The van der Waals surface area contributed by atoms with Gasteiger partial charge in [-0.25, -0.2) is 9.97 Å². The number of aliphatic hydroxyl groups is 5. The van der Waals surface area contributed by atoms with Gasteiger partial charge in [0, 0.05) is 19.6 Å². The molecule has 12 N–H and O–H groups in total. The number of unbranched alkanes of at least 4 members (excludes halogenated alkanes) is 4. The molecular weight excluding hydrogens is 620 g/mol. The van der Waals surface area contributed by atoms with Crippen LogP contribution in [0.15, 0.2) is 24.3 Å². The fourth-order valence-corrected chi connectivity index (χ4v) is 4.73. The maximum Gasteiger partial charge on any atom is 0.279 e. The van der Waals surface area contributed by atoms with Crippen LogP contribution in [-0.4, -0.2) is 116 Å². The van der Waals surface area contributed by atoms with Crippen LogP contribution in [0, 0.1) is 5.41 Å². The Hall–Kier alpha value is -3.31. The van der Waals surface area contributed by atoms with E-state index in [4.69, 9.17) is 38.3 Å². The van der Waals surface area contributed by atoms with Crippen LogP contribution in [-0.2, 0) is 6.42 Å². The van der Waals surface area contributed by atoms with E-state index in [0.717, 1.165) is 50.5 Å². The van der Waals surface area contributed by atoms with Gasteiger partial charge in [-0.3, -0.25) is 20.4 Å². The van der Waals surface area contributed by atoms with Crippen molar-refractivity contribution in [2.75, 3.05) is 50.9 Å². The number of nitrogen functional groups attached to an aromatic ring is 2. The third-order valence-electron chi connectivity index (χ3n) is 7.25. The van der Waals surface area contributed by atoms with Crippen LogP contribution in [0.25, 0.3) is 0 Å². The van der Waals surface area contributed by atoms with Crippen LogP contribution in [0.5, 0.6) is 5.75 Å². The summed E-state index contributed by atoms with van der Waals surface area (Å²) in [5, 5.41) is 62.1. The number of nitrogens with two attached hydrogens (primary N) is 2. The highest BCUT2D eigenvalue weighted by atomic mass is 35.5. The van der Waals surface area contributed by atoms with E-state index in [2.05, 4.69) is 27.5 Å². The second-order valence-electron chi connectivity index (χ2n) is 11.0. The number of aryl methyl sites for hydroxylation is 1. The maximum atomic E-state index is 12.3. The third kappa shape index (κ3) is 13.6. The summed E-state index contributed by atoms with van der Waals surface area (Å²) in [6.07, 6.45) is 0.379. The van der Waals surface area contributed by atoms with E-state index in [1.54, 1.807) is 0 Å². The van der Waals surface area contributed by atoms with Gasteiger partial charge in [0.25, 0.3) is 5.91 Å². The van der Waals surface area contributed by atoms with E-state index in [1.165, 1.54) is 0 Å². The quantitative estimate of drug-likeness (QED) is 0.0487. The van der Waals surface area contributed by atoms with Gasteiger partial charge in [-0.05, 0) is 49.9 Å². The minimum atomic E-state index is -1.66. The zero-order valence-corrected chi connectivity index (χ0v) is 27.0. The number of hydrogen-bond acceptors (Lipinski definition) is 13. The molecule has 46 heavy (non-hydrogen) atoms. The zero-order chi connectivity index (χ0) is 34.1. The Morgan fingerprint density at radius 2 is 1.65 bits per heavy atom. The lowest BCUT2D eigenvalue weighted by molar-refractivity contribution is -0.119. The predicted octanol–water partition coefficient (Wildman–Crippen LogP) is 0.268. The van der Waals surface area contributed by atoms with Gasteiger partial charge in [-0.2, -0.15) is 0 Å². The minimum Gasteiger partial charge on any atom is -0.492 e. The van der Waals surface area contributed by atoms with Crippen molar-refractivity contribution in [2.45, 2.75) is 76.3 Å². The van der Waals surface area contributed by atoms with E-state index < -0.39 is 36.9 Å². The molecule has 2 aromatic rings. The number of aromatic nitrogens is 2. The Kier molecular flexibility index (Phi) is 17.5. The fourth-order valence-electron chi connectivity index (χ4n) is 4.51. The molecule has 1 amide bonds. The number of ether oxygens (including phenoxy) is 1. The minimum absolute atomic E-state index is 0.0756. The van der Waals surface area contributed by atoms with Gasteiger partial charge in [0.05, 0.1) is 12.7 Å². The first-order chi connectivity index (χ1) is 22.0. The van der Waals surface area contributed by atoms with Crippen molar-refractivity contribution in [3.63, 3.8) is 0 Å². The number of guanidine groups is 1. The lowest BCUT2D eigenvalue weighted by Crippen LogP contribution is -2.50. The predicted molar refractivity (Wildman–Crippen MR) is 176 cm³/mol. The van der Waals surface area contributed by atoms with Crippen molar-refractivity contribution in [3.05, 3.63) is 40.7 Å². The topological polar surface area (TPSA) is 256 Å². The summed E-state index contributed by atoms with van der Waals surface area (Å²) in [6.45, 7) is 3.43. The van der Waals surface area contributed by atoms with Gasteiger partial charge in [0.1, 0.15) is 30.7 Å². The number of halogens is 1. The highest BCUT2D eigenvalue weighted by Crippen LogP contribution is 2.17. The average molecular weight is 669 g/mol. The monoisotopic (exact) mass is 668 g/mol. The van der Waals surface area contributed by atoms with Gasteiger partial charge in [-0.15, -0.1) is 0 Å². The van der Waals surface area contributed by atoms with Gasteiger partial charge in [-0.1, -0.05) is 49.9 Å². The Bertz CT molecular complexity index is 1210. The average Bonchev–Trinajstić information content (AvgIpc) is 3.03. The normalized spacial score (nSPS) is 14.0. The molecule has 0 aliphatic heterocycles. The van der Waals surface area contributed by atoms with Gasteiger partial charge in [0.2, 0.25) is 0 Å². The summed E-state index contributed by atoms with van der Waals surface area (Å²) in [5.41, 5.74) is 12.0. The lowest BCUT2D eigenvalue weighted by atomic mass is 10.0. The number of aliphatic hydroxyl groups excluding tert-OH is 5. The van der Waals surface area contributed by atoms with E-state index in [0.29, 0.717) is 32.0 Å². The largest absolute Gasteiger partial charge is 0.492 e. The van der Waals surface area contributed by atoms with E-state index >= 15 is 0 Å². The summed E-state index contributed by atoms with van der Waals surface area (Å²) >= 11 is 5.90. The SMILES string of the molecule is CCCCCCN(CCOc1ccc(CCCCNC(=N)NC(=O)c2nc(N)c(N)nc2Cl)cc1)C[C@H](O)[C@@H](O)[C@H](O)[C@H](O)CO. The Morgan fingerprint density at radius 3 is 2.33 bits per heavy atom. The first kappa shape index (κ1) is 38.9. The number of carbonyl (C=O) groups excluding carboxylic acids is 1. The Labute approximate surface area is 274 Å². The molecule has 258 valence electrons. The molecule has 0 bridgehead atoms. The number of benzene rings is 1. The molecule has 0 aliphatic rings. The molecule has 1 heterocycles. The van der Waals surface area contributed by atoms with Crippen molar-refractivity contribution in [2.24, 2.45) is 0 Å². The van der Waals surface area contributed by atoms with Crippen LogP contribution in [0.1, 0.15) is 61.5 Å². The molecule has 1 aromatic carbocycles. The van der Waals surface area contributed by atoms with Crippen molar-refractivity contribution in [1.82, 2.24) is 25.5 Å². The molecule has 0 spiro atoms. The van der Waals surface area contributed by atoms with Gasteiger partial charge in [0.15, 0.2) is 28.4 Å². The number of anilines is 2. The van der Waals surface area contributed by atoms with E-state index in [9.17, 15) is 25.2 Å². The zero-order valence-electron chi connectivity index (χ0n) is 26.2. The second-order valence-corrected chi connectivity index (χ2v) is 11.4. The summed E-state index contributed by atoms with van der Waals surface area (Å²) in [4.78, 5) is 21.8. The lowest BCUT2D eigenvalue weighted by Gasteiger charge is -2.30. The molecule has 0 saturated heterocycles. The standard InChI is InChI=1S/C30H49ClN8O7/c1-2-3-4-7-14-39(17-21(41)24(43)25(44)22(42)18-40)15-16-46-20-11-9-19(10-12-20)8-5-6-13-35-30(34)38-29(45)23-26(31)37-28(33)27(32)36-23/h9-12,21-22,24-25,40-44H,2-8,13-18H2,1H3,(H2,32,36)(H2,33,37)(H3,34,35,38,45)/t21-,22+,24+,25+/m0/s1. The molecular formula is C30H49ClN8O7. The Balaban J connectivity index is 1.73. The summed E-state index contributed by atoms with van der Waals surface area (Å²) in [5.74, 6) is -0.453. The number of nitrogens with one attached hydrogen (secondary N) is 3. The summed E-state index contributed by atoms with van der Waals surface area (Å²) in [6, 6.07) is 7.72. The van der Waals surface area contributed by atoms with Crippen molar-refractivity contribution < 1.29 is 35.1 Å². The molecule has 16 heteroatoms. The number of rotatable bonds is 21. The molecule has 2 rings (SSSR count). The van der Waals surface area contributed by atoms with Crippen LogP contribution in [0.3, 0.4) is 0 Å². The smallest absolute Gasteiger partial charge is 0.279 e. The summed E-state index contributed by atoms with van der Waals surface area (Å²) < 4.78 is 5.91. The number of carbonyl (C=O) groups is 1.